The van der Waals surface area contributed by atoms with Gasteiger partial charge in [-0.2, -0.15) is 13.2 Å². The summed E-state index contributed by atoms with van der Waals surface area (Å²) in [4.78, 5) is 12.9. The van der Waals surface area contributed by atoms with Crippen molar-refractivity contribution < 1.29 is 23.1 Å². The molecule has 1 aromatic carbocycles. The highest BCUT2D eigenvalue weighted by molar-refractivity contribution is 5.94. The van der Waals surface area contributed by atoms with E-state index in [0.717, 1.165) is 12.5 Å². The van der Waals surface area contributed by atoms with E-state index < -0.39 is 17.7 Å². The van der Waals surface area contributed by atoms with Gasteiger partial charge < -0.3 is 10.0 Å². The Hall–Kier alpha value is -1.98. The number of benzene rings is 1. The molecule has 0 atom stereocenters. The highest BCUT2D eigenvalue weighted by atomic mass is 19.4. The van der Waals surface area contributed by atoms with Crippen molar-refractivity contribution in [3.8, 4) is 0 Å². The summed E-state index contributed by atoms with van der Waals surface area (Å²) in [5.74, 6) is -1.38. The Morgan fingerprint density at radius 2 is 2.10 bits per heavy atom. The predicted molar refractivity (Wildman–Crippen MR) is 71.1 cm³/mol. The van der Waals surface area contributed by atoms with Crippen LogP contribution in [0.1, 0.15) is 29.3 Å². The van der Waals surface area contributed by atoms with Crippen LogP contribution in [0.2, 0.25) is 0 Å². The van der Waals surface area contributed by atoms with Gasteiger partial charge in [0.25, 0.3) is 0 Å². The quantitative estimate of drug-likeness (QED) is 0.809. The lowest BCUT2D eigenvalue weighted by atomic mass is 10.1. The fourth-order valence-corrected chi connectivity index (χ4v) is 1.90. The van der Waals surface area contributed by atoms with Gasteiger partial charge in [-0.3, -0.25) is 0 Å². The van der Waals surface area contributed by atoms with Gasteiger partial charge in [0.15, 0.2) is 0 Å². The molecule has 3 nitrogen and oxygen atoms in total. The molecule has 0 spiro atoms. The molecule has 6 heteroatoms. The van der Waals surface area contributed by atoms with E-state index in [0.29, 0.717) is 19.2 Å². The Bertz CT molecular complexity index is 498. The Morgan fingerprint density at radius 1 is 1.45 bits per heavy atom. The molecule has 0 fully saturated rings. The van der Waals surface area contributed by atoms with Crippen LogP contribution in [0.25, 0.3) is 0 Å². The smallest absolute Gasteiger partial charge is 0.416 e. The zero-order valence-electron chi connectivity index (χ0n) is 11.1. The van der Waals surface area contributed by atoms with E-state index in [-0.39, 0.29) is 11.3 Å². The molecule has 110 valence electrons. The molecule has 0 aliphatic carbocycles. The van der Waals surface area contributed by atoms with Crippen LogP contribution in [0.15, 0.2) is 30.9 Å². The fourth-order valence-electron chi connectivity index (χ4n) is 1.90. The Balaban J connectivity index is 3.31. The van der Waals surface area contributed by atoms with Crippen molar-refractivity contribution >= 4 is 11.7 Å². The average Bonchev–Trinajstić information content (AvgIpc) is 2.36. The number of rotatable bonds is 6. The summed E-state index contributed by atoms with van der Waals surface area (Å²) in [6.07, 6.45) is -2.23. The third-order valence-electron chi connectivity index (χ3n) is 2.74. The van der Waals surface area contributed by atoms with Gasteiger partial charge in [0.1, 0.15) is 0 Å². The van der Waals surface area contributed by atoms with Gasteiger partial charge in [-0.1, -0.05) is 13.0 Å². The lowest BCUT2D eigenvalue weighted by Gasteiger charge is -2.25. The largest absolute Gasteiger partial charge is 0.478 e. The first-order valence-corrected chi connectivity index (χ1v) is 6.11. The number of aromatic carboxylic acids is 1. The van der Waals surface area contributed by atoms with E-state index >= 15 is 0 Å². The van der Waals surface area contributed by atoms with Crippen LogP contribution in [0, 0.1) is 0 Å². The topological polar surface area (TPSA) is 40.5 Å². The highest BCUT2D eigenvalue weighted by Gasteiger charge is 2.32. The molecule has 0 aliphatic heterocycles. The molecule has 0 amide bonds. The Labute approximate surface area is 115 Å². The van der Waals surface area contributed by atoms with Crippen LogP contribution in [-0.4, -0.2) is 24.2 Å². The van der Waals surface area contributed by atoms with Gasteiger partial charge in [-0.15, -0.1) is 6.58 Å². The summed E-state index contributed by atoms with van der Waals surface area (Å²) in [6, 6.07) is 2.77. The van der Waals surface area contributed by atoms with Crippen molar-refractivity contribution in [2.24, 2.45) is 0 Å². The lowest BCUT2D eigenvalue weighted by molar-refractivity contribution is -0.137. The number of nitrogens with zero attached hydrogens (tertiary/aromatic N) is 1. The molecule has 0 heterocycles. The van der Waals surface area contributed by atoms with Crippen LogP contribution >= 0.6 is 0 Å². The molecule has 0 bridgehead atoms. The number of carboxylic acid groups (broad SMARTS) is 1. The van der Waals surface area contributed by atoms with Gasteiger partial charge in [-0.05, 0) is 24.6 Å². The Kier molecular flexibility index (Phi) is 5.19. The SMILES string of the molecule is C=CCN(CCC)c1ccc(C(F)(F)F)cc1C(=O)O. The van der Waals surface area contributed by atoms with Gasteiger partial charge in [0, 0.05) is 13.1 Å². The minimum Gasteiger partial charge on any atom is -0.478 e. The van der Waals surface area contributed by atoms with E-state index in [9.17, 15) is 18.0 Å². The first-order valence-electron chi connectivity index (χ1n) is 6.11. The third kappa shape index (κ3) is 3.76. The van der Waals surface area contributed by atoms with Gasteiger partial charge >= 0.3 is 12.1 Å². The second-order valence-electron chi connectivity index (χ2n) is 4.27. The van der Waals surface area contributed by atoms with E-state index in [1.165, 1.54) is 6.07 Å². The van der Waals surface area contributed by atoms with Crippen LogP contribution < -0.4 is 4.90 Å². The fraction of sp³-hybridized carbons (Fsp3) is 0.357. The maximum atomic E-state index is 12.6. The molecule has 0 saturated heterocycles. The Morgan fingerprint density at radius 3 is 2.55 bits per heavy atom. The van der Waals surface area contributed by atoms with Crippen molar-refractivity contribution in [2.75, 3.05) is 18.0 Å². The number of carboxylic acids is 1. The predicted octanol–water partition coefficient (Wildman–Crippen LogP) is 3.81. The maximum absolute atomic E-state index is 12.6. The first kappa shape index (κ1) is 16.1. The minimum atomic E-state index is -4.56. The van der Waals surface area contributed by atoms with Crippen LogP contribution in [0.4, 0.5) is 18.9 Å². The minimum absolute atomic E-state index is 0.271. The second kappa shape index (κ2) is 6.45. The lowest BCUT2D eigenvalue weighted by Crippen LogP contribution is -2.26. The molecule has 20 heavy (non-hydrogen) atoms. The number of alkyl halides is 3. The highest BCUT2D eigenvalue weighted by Crippen LogP contribution is 2.33. The maximum Gasteiger partial charge on any atom is 0.416 e. The molecule has 1 aromatic rings. The van der Waals surface area contributed by atoms with E-state index in [4.69, 9.17) is 5.11 Å². The van der Waals surface area contributed by atoms with Gasteiger partial charge in [-0.25, -0.2) is 4.79 Å². The molecular weight excluding hydrogens is 271 g/mol. The zero-order chi connectivity index (χ0) is 15.3. The number of hydrogen-bond acceptors (Lipinski definition) is 2. The van der Waals surface area contributed by atoms with Gasteiger partial charge in [0.2, 0.25) is 0 Å². The third-order valence-corrected chi connectivity index (χ3v) is 2.74. The van der Waals surface area contributed by atoms with Crippen molar-refractivity contribution in [3.05, 3.63) is 42.0 Å². The normalized spacial score (nSPS) is 11.2. The molecule has 1 rings (SSSR count). The summed E-state index contributed by atoms with van der Waals surface area (Å²) in [5.41, 5.74) is -1.05. The van der Waals surface area contributed by atoms with Crippen LogP contribution in [-0.2, 0) is 6.18 Å². The molecular formula is C14H16F3NO2. The standard InChI is InChI=1S/C14H16F3NO2/c1-3-7-18(8-4-2)12-6-5-10(14(15,16)17)9-11(12)13(19)20/h3,5-6,9H,1,4,7-8H2,2H3,(H,19,20). The number of halogens is 3. The number of carbonyl (C=O) groups is 1. The first-order chi connectivity index (χ1) is 9.31. The van der Waals surface area contributed by atoms with Crippen LogP contribution in [0.3, 0.4) is 0 Å². The van der Waals surface area contributed by atoms with Gasteiger partial charge in [0.05, 0.1) is 16.8 Å². The molecule has 0 saturated carbocycles. The van der Waals surface area contributed by atoms with Crippen molar-refractivity contribution in [2.45, 2.75) is 19.5 Å². The summed E-state index contributed by atoms with van der Waals surface area (Å²) >= 11 is 0. The van der Waals surface area contributed by atoms with Crippen molar-refractivity contribution in [1.29, 1.82) is 0 Å². The van der Waals surface area contributed by atoms with Crippen molar-refractivity contribution in [3.63, 3.8) is 0 Å². The summed E-state index contributed by atoms with van der Waals surface area (Å²) < 4.78 is 37.9. The van der Waals surface area contributed by atoms with E-state index in [1.54, 1.807) is 11.0 Å². The molecule has 0 aliphatic rings. The summed E-state index contributed by atoms with van der Waals surface area (Å²) in [7, 11) is 0. The zero-order valence-corrected chi connectivity index (χ0v) is 11.1. The average molecular weight is 287 g/mol. The summed E-state index contributed by atoms with van der Waals surface area (Å²) in [5, 5.41) is 9.12. The number of hydrogen-bond donors (Lipinski definition) is 1. The molecule has 0 radical (unpaired) electrons. The van der Waals surface area contributed by atoms with E-state index in [1.807, 2.05) is 6.92 Å². The van der Waals surface area contributed by atoms with E-state index in [2.05, 4.69) is 6.58 Å². The molecule has 0 unspecified atom stereocenters. The molecule has 0 aromatic heterocycles. The molecule has 1 N–H and O–H groups in total. The summed E-state index contributed by atoms with van der Waals surface area (Å²) in [6.45, 7) is 6.39. The van der Waals surface area contributed by atoms with Crippen LogP contribution in [0.5, 0.6) is 0 Å². The monoisotopic (exact) mass is 287 g/mol. The number of anilines is 1. The van der Waals surface area contributed by atoms with Crippen molar-refractivity contribution in [1.82, 2.24) is 0 Å². The second-order valence-corrected chi connectivity index (χ2v) is 4.27.